The van der Waals surface area contributed by atoms with Crippen molar-refractivity contribution in [2.75, 3.05) is 31.2 Å². The van der Waals surface area contributed by atoms with Crippen LogP contribution in [0.3, 0.4) is 0 Å². The number of carbonyl (C=O) groups is 2. The van der Waals surface area contributed by atoms with Crippen molar-refractivity contribution in [1.29, 1.82) is 0 Å². The van der Waals surface area contributed by atoms with Crippen LogP contribution in [0.5, 0.6) is 0 Å². The summed E-state index contributed by atoms with van der Waals surface area (Å²) in [4.78, 5) is 39.5. The fourth-order valence-electron chi connectivity index (χ4n) is 4.96. The van der Waals surface area contributed by atoms with Gasteiger partial charge in [0.1, 0.15) is 23.0 Å². The van der Waals surface area contributed by atoms with Crippen LogP contribution in [0, 0.1) is 0 Å². The van der Waals surface area contributed by atoms with E-state index in [0.717, 1.165) is 18.3 Å². The normalized spacial score (nSPS) is 17.4. The Morgan fingerprint density at radius 2 is 1.90 bits per heavy atom. The maximum Gasteiger partial charge on any atom is 0.416 e. The van der Waals surface area contributed by atoms with Crippen LogP contribution in [0.2, 0.25) is 0 Å². The van der Waals surface area contributed by atoms with Crippen LogP contribution in [-0.4, -0.2) is 67.5 Å². The van der Waals surface area contributed by atoms with Crippen LogP contribution >= 0.6 is 0 Å². The highest BCUT2D eigenvalue weighted by Gasteiger charge is 2.34. The molecule has 4 aromatic rings. The molecule has 2 atom stereocenters. The van der Waals surface area contributed by atoms with Gasteiger partial charge in [0, 0.05) is 43.0 Å². The molecule has 1 aromatic carbocycles. The summed E-state index contributed by atoms with van der Waals surface area (Å²) in [5.41, 5.74) is 7.29. The predicted octanol–water partition coefficient (Wildman–Crippen LogP) is 3.52. The van der Waals surface area contributed by atoms with Crippen LogP contribution in [0.4, 0.5) is 29.6 Å². The first-order valence-electron chi connectivity index (χ1n) is 12.8. The number of nitrogens with zero attached hydrogens (tertiary/aromatic N) is 5. The second-order valence-corrected chi connectivity index (χ2v) is 9.66. The minimum atomic E-state index is -4.56. The fraction of sp³-hybridized carbons (Fsp3) is 0.296. The molecule has 1 fully saturated rings. The number of rotatable bonds is 5. The van der Waals surface area contributed by atoms with Gasteiger partial charge in [-0.1, -0.05) is 12.1 Å². The molecule has 214 valence electrons. The number of piperidine rings is 1. The number of halogens is 3. The summed E-state index contributed by atoms with van der Waals surface area (Å²) >= 11 is 0. The molecule has 1 saturated heterocycles. The number of fused-ring (bicyclic) bond motifs is 1. The predicted molar refractivity (Wildman–Crippen MR) is 144 cm³/mol. The number of likely N-dealkylation sites (tertiary alicyclic amines) is 1. The first-order valence-corrected chi connectivity index (χ1v) is 12.8. The smallest absolute Gasteiger partial charge is 0.394 e. The van der Waals surface area contributed by atoms with E-state index in [1.54, 1.807) is 36.5 Å². The Bertz CT molecular complexity index is 1590. The maximum atomic E-state index is 13.0. The molecule has 0 saturated carbocycles. The third-order valence-electron chi connectivity index (χ3n) is 7.11. The minimum Gasteiger partial charge on any atom is -0.394 e. The average Bonchev–Trinajstić information content (AvgIpc) is 3.41. The van der Waals surface area contributed by atoms with Gasteiger partial charge in [0.2, 0.25) is 0 Å². The number of alkyl halides is 3. The van der Waals surface area contributed by atoms with Gasteiger partial charge >= 0.3 is 12.2 Å². The summed E-state index contributed by atoms with van der Waals surface area (Å²) in [7, 11) is 1.54. The number of nitrogen functional groups attached to an aromatic ring is 1. The number of nitrogens with two attached hydrogens (primary N) is 1. The number of urea groups is 1. The summed E-state index contributed by atoms with van der Waals surface area (Å²) in [5, 5.41) is 14.7. The molecule has 1 aliphatic heterocycles. The van der Waals surface area contributed by atoms with Crippen molar-refractivity contribution in [3.63, 3.8) is 0 Å². The van der Waals surface area contributed by atoms with Gasteiger partial charge in [0.25, 0.3) is 5.91 Å². The molecule has 1 aliphatic rings. The molecule has 11 nitrogen and oxygen atoms in total. The van der Waals surface area contributed by atoms with E-state index in [1.165, 1.54) is 12.1 Å². The Morgan fingerprint density at radius 3 is 2.59 bits per heavy atom. The highest BCUT2D eigenvalue weighted by atomic mass is 19.4. The second kappa shape index (κ2) is 11.0. The molecular weight excluding hydrogens is 541 g/mol. The molecule has 5 N–H and O–H groups in total. The topological polar surface area (TPSA) is 151 Å². The zero-order chi connectivity index (χ0) is 29.3. The van der Waals surface area contributed by atoms with E-state index in [0.29, 0.717) is 42.0 Å². The lowest BCUT2D eigenvalue weighted by Gasteiger charge is -2.38. The number of pyridine rings is 1. The Morgan fingerprint density at radius 1 is 1.15 bits per heavy atom. The van der Waals surface area contributed by atoms with E-state index in [9.17, 15) is 27.9 Å². The Labute approximate surface area is 232 Å². The quantitative estimate of drug-likeness (QED) is 0.288. The van der Waals surface area contributed by atoms with E-state index in [4.69, 9.17) is 5.73 Å². The van der Waals surface area contributed by atoms with E-state index in [-0.39, 0.29) is 41.8 Å². The van der Waals surface area contributed by atoms with Crippen molar-refractivity contribution in [2.24, 2.45) is 0 Å². The van der Waals surface area contributed by atoms with Gasteiger partial charge < -0.3 is 26.4 Å². The number of imidazole rings is 1. The number of nitrogens with one attached hydrogen (secondary N) is 2. The number of hydrogen-bond acceptors (Lipinski definition) is 7. The number of anilines is 2. The number of aliphatic hydroxyl groups is 1. The number of aliphatic hydroxyl groups excluding tert-OH is 1. The molecule has 0 unspecified atom stereocenters. The number of hydrogen-bond donors (Lipinski definition) is 4. The van der Waals surface area contributed by atoms with Gasteiger partial charge in [-0.15, -0.1) is 0 Å². The van der Waals surface area contributed by atoms with Crippen molar-refractivity contribution < 1.29 is 27.9 Å². The average molecular weight is 569 g/mol. The highest BCUT2D eigenvalue weighted by Crippen LogP contribution is 2.32. The van der Waals surface area contributed by atoms with Gasteiger partial charge in [-0.05, 0) is 37.1 Å². The van der Waals surface area contributed by atoms with Crippen molar-refractivity contribution in [3.8, 4) is 11.3 Å². The number of aromatic nitrogens is 4. The largest absolute Gasteiger partial charge is 0.416 e. The minimum absolute atomic E-state index is 0.109. The van der Waals surface area contributed by atoms with Crippen LogP contribution in [0.15, 0.2) is 55.0 Å². The second-order valence-electron chi connectivity index (χ2n) is 9.66. The zero-order valence-corrected chi connectivity index (χ0v) is 21.9. The fourth-order valence-corrected chi connectivity index (χ4v) is 4.96. The van der Waals surface area contributed by atoms with E-state index in [2.05, 4.69) is 25.6 Å². The van der Waals surface area contributed by atoms with E-state index in [1.807, 2.05) is 4.40 Å². The Kier molecular flexibility index (Phi) is 7.49. The molecule has 41 heavy (non-hydrogen) atoms. The van der Waals surface area contributed by atoms with E-state index >= 15 is 0 Å². The summed E-state index contributed by atoms with van der Waals surface area (Å²) in [6, 6.07) is 7.38. The molecular formula is C27H27F3N8O3. The Hall–Kier alpha value is -4.72. The van der Waals surface area contributed by atoms with Gasteiger partial charge in [-0.25, -0.2) is 19.7 Å². The summed E-state index contributed by atoms with van der Waals surface area (Å²) in [6.07, 6.45) is 1.14. The van der Waals surface area contributed by atoms with Crippen molar-refractivity contribution in [3.05, 3.63) is 71.9 Å². The van der Waals surface area contributed by atoms with Gasteiger partial charge in [0.05, 0.1) is 30.1 Å². The molecule has 0 radical (unpaired) electrons. The SMILES string of the molecule is CNC(=O)N1C[C@H](c2ncc3c(N)nc(-c4ccc(C(=O)Nc5cc(C(F)(F)F)ccn5)cc4)cn23)CC[C@H]1CO. The zero-order valence-electron chi connectivity index (χ0n) is 21.9. The molecule has 3 amide bonds. The molecule has 3 aromatic heterocycles. The van der Waals surface area contributed by atoms with Crippen LogP contribution < -0.4 is 16.4 Å². The van der Waals surface area contributed by atoms with Crippen LogP contribution in [0.1, 0.15) is 40.5 Å². The summed E-state index contributed by atoms with van der Waals surface area (Å²) in [5.74, 6) is -0.00863. The van der Waals surface area contributed by atoms with Crippen molar-refractivity contribution in [1.82, 2.24) is 29.6 Å². The van der Waals surface area contributed by atoms with Gasteiger partial charge in [-0.2, -0.15) is 13.2 Å². The van der Waals surface area contributed by atoms with Gasteiger partial charge in [0.15, 0.2) is 0 Å². The highest BCUT2D eigenvalue weighted by molar-refractivity contribution is 6.04. The van der Waals surface area contributed by atoms with Gasteiger partial charge in [-0.3, -0.25) is 9.20 Å². The molecule has 0 bridgehead atoms. The first kappa shape index (κ1) is 27.8. The third kappa shape index (κ3) is 5.63. The molecule has 5 rings (SSSR count). The molecule has 14 heteroatoms. The maximum absolute atomic E-state index is 13.0. The number of amides is 3. The first-order chi connectivity index (χ1) is 19.6. The molecule has 0 aliphatic carbocycles. The van der Waals surface area contributed by atoms with E-state index < -0.39 is 17.6 Å². The summed E-state index contributed by atoms with van der Waals surface area (Å²) in [6.45, 7) is 0.236. The van der Waals surface area contributed by atoms with Crippen molar-refractivity contribution >= 4 is 29.1 Å². The Balaban J connectivity index is 1.38. The molecule has 4 heterocycles. The standard InChI is InChI=1S/C27H27F3N8O3/c1-32-26(41)37-12-17(6-7-19(37)14-39)24-34-11-21-23(31)35-20(13-38(21)24)15-2-4-16(5-3-15)25(40)36-22-10-18(8-9-33-22)27(28,29)30/h2-5,8-11,13,17,19,39H,6-7,12,14H2,1H3,(H2,31,35)(H,32,41)(H,33,36,40)/t17-,19+/m1/s1. The van der Waals surface area contributed by atoms with Crippen LogP contribution in [-0.2, 0) is 6.18 Å². The lowest BCUT2D eigenvalue weighted by atomic mass is 9.92. The number of carbonyl (C=O) groups excluding carboxylic acids is 2. The summed E-state index contributed by atoms with van der Waals surface area (Å²) < 4.78 is 40.8. The third-order valence-corrected chi connectivity index (χ3v) is 7.11. The number of benzene rings is 1. The lowest BCUT2D eigenvalue weighted by Crippen LogP contribution is -2.51. The lowest BCUT2D eigenvalue weighted by molar-refractivity contribution is -0.137. The van der Waals surface area contributed by atoms with Crippen LogP contribution in [0.25, 0.3) is 16.8 Å². The van der Waals surface area contributed by atoms with Crippen molar-refractivity contribution in [2.45, 2.75) is 31.0 Å². The monoisotopic (exact) mass is 568 g/mol. The molecule has 0 spiro atoms.